The number of benzene rings is 2. The van der Waals surface area contributed by atoms with Crippen LogP contribution < -0.4 is 5.32 Å². The van der Waals surface area contributed by atoms with Crippen molar-refractivity contribution in [1.82, 2.24) is 5.32 Å². The lowest BCUT2D eigenvalue weighted by Gasteiger charge is -2.16. The third-order valence-electron chi connectivity index (χ3n) is 3.64. The van der Waals surface area contributed by atoms with E-state index in [-0.39, 0.29) is 11.2 Å². The summed E-state index contributed by atoms with van der Waals surface area (Å²) < 4.78 is 5.28. The summed E-state index contributed by atoms with van der Waals surface area (Å²) in [6, 6.07) is 17.5. The fourth-order valence-corrected chi connectivity index (χ4v) is 2.99. The Balaban J connectivity index is 1.79. The molecule has 0 aliphatic carbocycles. The predicted molar refractivity (Wildman–Crippen MR) is 100 cm³/mol. The van der Waals surface area contributed by atoms with E-state index in [2.05, 4.69) is 5.32 Å². The van der Waals surface area contributed by atoms with Crippen LogP contribution >= 0.6 is 11.8 Å². The maximum absolute atomic E-state index is 12.2. The molecule has 1 amide bonds. The van der Waals surface area contributed by atoms with Crippen molar-refractivity contribution in [3.63, 3.8) is 0 Å². The van der Waals surface area contributed by atoms with E-state index in [1.54, 1.807) is 13.8 Å². The molecule has 25 heavy (non-hydrogen) atoms. The highest BCUT2D eigenvalue weighted by Crippen LogP contribution is 2.23. The molecule has 0 aliphatic rings. The molecule has 0 fully saturated rings. The van der Waals surface area contributed by atoms with Crippen LogP contribution in [0.1, 0.15) is 25.0 Å². The number of carbonyl (C=O) groups excluding carboxylic acids is 2. The molecule has 0 bridgehead atoms. The van der Waals surface area contributed by atoms with E-state index >= 15 is 0 Å². The van der Waals surface area contributed by atoms with Crippen molar-refractivity contribution in [3.8, 4) is 0 Å². The van der Waals surface area contributed by atoms with Gasteiger partial charge in [-0.25, -0.2) is 0 Å². The Hall–Kier alpha value is -2.27. The number of hydrogen-bond acceptors (Lipinski definition) is 4. The zero-order valence-corrected chi connectivity index (χ0v) is 15.5. The second-order valence-corrected chi connectivity index (χ2v) is 7.27. The van der Waals surface area contributed by atoms with Crippen LogP contribution in [0.15, 0.2) is 59.5 Å². The molecule has 0 aromatic heterocycles. The quantitative estimate of drug-likeness (QED) is 0.606. The minimum absolute atomic E-state index is 0.300. The lowest BCUT2D eigenvalue weighted by atomic mass is 10.1. The van der Waals surface area contributed by atoms with Gasteiger partial charge in [-0.1, -0.05) is 48.0 Å². The number of aryl methyl sites for hydroxylation is 1. The molecule has 0 saturated heterocycles. The number of hydrogen-bond donors (Lipinski definition) is 1. The molecule has 2 atom stereocenters. The van der Waals surface area contributed by atoms with Gasteiger partial charge in [0.1, 0.15) is 5.25 Å². The van der Waals surface area contributed by atoms with Crippen molar-refractivity contribution in [2.24, 2.45) is 0 Å². The van der Waals surface area contributed by atoms with Crippen LogP contribution in [-0.4, -0.2) is 23.2 Å². The van der Waals surface area contributed by atoms with Crippen molar-refractivity contribution >= 4 is 23.6 Å². The van der Waals surface area contributed by atoms with Gasteiger partial charge in [-0.15, -0.1) is 11.8 Å². The van der Waals surface area contributed by atoms with Gasteiger partial charge in [0.15, 0.2) is 6.10 Å². The van der Waals surface area contributed by atoms with E-state index in [0.29, 0.717) is 6.54 Å². The molecule has 0 radical (unpaired) electrons. The van der Waals surface area contributed by atoms with Crippen LogP contribution in [0.2, 0.25) is 0 Å². The molecule has 4 nitrogen and oxygen atoms in total. The molecule has 5 heteroatoms. The van der Waals surface area contributed by atoms with Gasteiger partial charge in [-0.3, -0.25) is 9.59 Å². The standard InChI is InChI=1S/C20H23NO3S/c1-14-9-11-17(12-10-14)13-21-19(22)15(2)24-20(23)16(3)25-18-7-5-4-6-8-18/h4-12,15-16H,13H2,1-3H3,(H,21,22)/t15-,16-/m1/s1. The summed E-state index contributed by atoms with van der Waals surface area (Å²) in [6.45, 7) is 5.78. The monoisotopic (exact) mass is 357 g/mol. The van der Waals surface area contributed by atoms with Crippen LogP contribution in [0.3, 0.4) is 0 Å². The van der Waals surface area contributed by atoms with Crippen molar-refractivity contribution in [1.29, 1.82) is 0 Å². The van der Waals surface area contributed by atoms with Gasteiger partial charge < -0.3 is 10.1 Å². The van der Waals surface area contributed by atoms with E-state index in [9.17, 15) is 9.59 Å². The Morgan fingerprint density at radius 1 is 1.04 bits per heavy atom. The van der Waals surface area contributed by atoms with Gasteiger partial charge in [-0.05, 0) is 38.5 Å². The Labute approximate surface area is 153 Å². The maximum Gasteiger partial charge on any atom is 0.319 e. The number of nitrogens with one attached hydrogen (secondary N) is 1. The number of ether oxygens (including phenoxy) is 1. The van der Waals surface area contributed by atoms with Crippen molar-refractivity contribution in [2.75, 3.05) is 0 Å². The SMILES string of the molecule is Cc1ccc(CNC(=O)[C@@H](C)OC(=O)[C@@H](C)Sc2ccccc2)cc1. The highest BCUT2D eigenvalue weighted by atomic mass is 32.2. The summed E-state index contributed by atoms with van der Waals surface area (Å²) in [6.07, 6.45) is -0.822. The molecular formula is C20H23NO3S. The average Bonchev–Trinajstić information content (AvgIpc) is 2.61. The summed E-state index contributed by atoms with van der Waals surface area (Å²) in [5.41, 5.74) is 2.17. The topological polar surface area (TPSA) is 55.4 Å². The largest absolute Gasteiger partial charge is 0.452 e. The zero-order valence-electron chi connectivity index (χ0n) is 14.7. The molecule has 1 N–H and O–H groups in total. The maximum atomic E-state index is 12.2. The highest BCUT2D eigenvalue weighted by Gasteiger charge is 2.22. The molecule has 2 aromatic rings. The van der Waals surface area contributed by atoms with Gasteiger partial charge in [0.05, 0.1) is 0 Å². The fraction of sp³-hybridized carbons (Fsp3) is 0.300. The van der Waals surface area contributed by atoms with Gasteiger partial charge in [0.2, 0.25) is 0 Å². The van der Waals surface area contributed by atoms with E-state index in [1.807, 2.05) is 61.5 Å². The van der Waals surface area contributed by atoms with Crippen molar-refractivity contribution < 1.29 is 14.3 Å². The molecule has 2 rings (SSSR count). The Morgan fingerprint density at radius 2 is 1.68 bits per heavy atom. The second-order valence-electron chi connectivity index (χ2n) is 5.86. The van der Waals surface area contributed by atoms with Crippen LogP contribution in [0.25, 0.3) is 0 Å². The first kappa shape index (κ1) is 19.1. The van der Waals surface area contributed by atoms with Crippen LogP contribution in [0.4, 0.5) is 0 Å². The Kier molecular flexibility index (Phi) is 7.07. The molecule has 0 unspecified atom stereocenters. The van der Waals surface area contributed by atoms with Gasteiger partial charge in [0.25, 0.3) is 5.91 Å². The van der Waals surface area contributed by atoms with Crippen LogP contribution in [0, 0.1) is 6.92 Å². The summed E-state index contributed by atoms with van der Waals surface area (Å²) in [7, 11) is 0. The van der Waals surface area contributed by atoms with Gasteiger partial charge >= 0.3 is 5.97 Å². The molecule has 2 aromatic carbocycles. The number of amides is 1. The smallest absolute Gasteiger partial charge is 0.319 e. The first-order valence-electron chi connectivity index (χ1n) is 8.21. The summed E-state index contributed by atoms with van der Waals surface area (Å²) in [4.78, 5) is 25.2. The van der Waals surface area contributed by atoms with Gasteiger partial charge in [0, 0.05) is 11.4 Å². The fourth-order valence-electron chi connectivity index (χ4n) is 2.11. The third kappa shape index (κ3) is 6.27. The minimum atomic E-state index is -0.822. The third-order valence-corrected chi connectivity index (χ3v) is 4.73. The first-order chi connectivity index (χ1) is 12.0. The van der Waals surface area contributed by atoms with E-state index in [4.69, 9.17) is 4.74 Å². The van der Waals surface area contributed by atoms with Crippen LogP contribution in [0.5, 0.6) is 0 Å². The molecule has 132 valence electrons. The molecular weight excluding hydrogens is 334 g/mol. The van der Waals surface area contributed by atoms with E-state index < -0.39 is 12.1 Å². The lowest BCUT2D eigenvalue weighted by molar-refractivity contribution is -0.154. The molecule has 0 heterocycles. The number of carbonyl (C=O) groups is 2. The predicted octanol–water partition coefficient (Wildman–Crippen LogP) is 3.72. The van der Waals surface area contributed by atoms with Crippen molar-refractivity contribution in [3.05, 3.63) is 65.7 Å². The minimum Gasteiger partial charge on any atom is -0.452 e. The number of thioether (sulfide) groups is 1. The van der Waals surface area contributed by atoms with E-state index in [1.165, 1.54) is 17.3 Å². The first-order valence-corrected chi connectivity index (χ1v) is 9.09. The van der Waals surface area contributed by atoms with Crippen LogP contribution in [-0.2, 0) is 20.9 Å². The second kappa shape index (κ2) is 9.28. The summed E-state index contributed by atoms with van der Waals surface area (Å²) in [5, 5.41) is 2.41. The summed E-state index contributed by atoms with van der Waals surface area (Å²) >= 11 is 1.41. The number of esters is 1. The summed E-state index contributed by atoms with van der Waals surface area (Å²) in [5.74, 6) is -0.697. The average molecular weight is 357 g/mol. The molecule has 0 aliphatic heterocycles. The molecule has 0 saturated carbocycles. The Morgan fingerprint density at radius 3 is 2.32 bits per heavy atom. The van der Waals surface area contributed by atoms with Gasteiger partial charge in [-0.2, -0.15) is 0 Å². The number of rotatable bonds is 7. The normalized spacial score (nSPS) is 12.9. The highest BCUT2D eigenvalue weighted by molar-refractivity contribution is 8.00. The van der Waals surface area contributed by atoms with E-state index in [0.717, 1.165) is 10.5 Å². The lowest BCUT2D eigenvalue weighted by Crippen LogP contribution is -2.36. The van der Waals surface area contributed by atoms with Crippen molar-refractivity contribution in [2.45, 2.75) is 43.6 Å². The molecule has 0 spiro atoms. The zero-order chi connectivity index (χ0) is 18.2. The Bertz CT molecular complexity index is 701.